The van der Waals surface area contributed by atoms with Gasteiger partial charge < -0.3 is 10.2 Å². The van der Waals surface area contributed by atoms with Crippen LogP contribution in [0, 0.1) is 11.8 Å². The summed E-state index contributed by atoms with van der Waals surface area (Å²) >= 11 is 0. The summed E-state index contributed by atoms with van der Waals surface area (Å²) in [5, 5.41) is 17.0. The molecule has 1 fully saturated rings. The van der Waals surface area contributed by atoms with Gasteiger partial charge in [-0.15, -0.1) is 0 Å². The summed E-state index contributed by atoms with van der Waals surface area (Å²) in [5.41, 5.74) is 0. The van der Waals surface area contributed by atoms with Crippen LogP contribution in [0.25, 0.3) is 0 Å². The van der Waals surface area contributed by atoms with Crippen molar-refractivity contribution in [3.8, 4) is 0 Å². The Labute approximate surface area is 70.2 Å². The van der Waals surface area contributed by atoms with Gasteiger partial charge in [-0.2, -0.15) is 0 Å². The Morgan fingerprint density at radius 3 is 2.25 bits per heavy atom. The molecule has 1 rings (SSSR count). The maximum Gasteiger partial charge on any atom is 0.307 e. The number of carboxylic acids is 2. The molecule has 1 atom stereocenters. The summed E-state index contributed by atoms with van der Waals surface area (Å²) in [6.07, 6.45) is 2.40. The minimum Gasteiger partial charge on any atom is -0.481 e. The van der Waals surface area contributed by atoms with E-state index in [1.54, 1.807) is 0 Å². The van der Waals surface area contributed by atoms with E-state index in [4.69, 9.17) is 10.2 Å². The summed E-state index contributed by atoms with van der Waals surface area (Å²) in [7, 11) is 0. The molecule has 1 aliphatic carbocycles. The van der Waals surface area contributed by atoms with Crippen molar-refractivity contribution in [1.29, 1.82) is 0 Å². The van der Waals surface area contributed by atoms with E-state index in [-0.39, 0.29) is 6.42 Å². The van der Waals surface area contributed by atoms with E-state index in [0.29, 0.717) is 12.3 Å². The van der Waals surface area contributed by atoms with Crippen LogP contribution in [0.2, 0.25) is 0 Å². The molecule has 4 nitrogen and oxygen atoms in total. The van der Waals surface area contributed by atoms with E-state index in [1.807, 2.05) is 0 Å². The average molecular weight is 172 g/mol. The molecule has 0 heterocycles. The second-order valence-electron chi connectivity index (χ2n) is 3.31. The van der Waals surface area contributed by atoms with Crippen LogP contribution in [-0.2, 0) is 9.59 Å². The number of hydrogen-bond donors (Lipinski definition) is 2. The lowest BCUT2D eigenvalue weighted by atomic mass is 9.99. The third kappa shape index (κ3) is 2.90. The zero-order valence-electron chi connectivity index (χ0n) is 6.69. The van der Waals surface area contributed by atoms with Crippen molar-refractivity contribution in [2.45, 2.75) is 25.7 Å². The van der Waals surface area contributed by atoms with Gasteiger partial charge in [-0.1, -0.05) is 12.8 Å². The summed E-state index contributed by atoms with van der Waals surface area (Å²) in [6.45, 7) is 0. The SMILES string of the molecule is O=C(O)CC(CC1CC1)C(=O)O. The van der Waals surface area contributed by atoms with E-state index in [2.05, 4.69) is 0 Å². The van der Waals surface area contributed by atoms with Crippen LogP contribution >= 0.6 is 0 Å². The minimum atomic E-state index is -1.02. The molecule has 0 bridgehead atoms. The average Bonchev–Trinajstić information content (AvgIpc) is 2.68. The molecule has 0 aromatic rings. The highest BCUT2D eigenvalue weighted by atomic mass is 16.4. The number of carboxylic acid groups (broad SMARTS) is 2. The van der Waals surface area contributed by atoms with Crippen LogP contribution in [0.3, 0.4) is 0 Å². The topological polar surface area (TPSA) is 74.6 Å². The Balaban J connectivity index is 2.36. The van der Waals surface area contributed by atoms with Gasteiger partial charge >= 0.3 is 11.9 Å². The van der Waals surface area contributed by atoms with Gasteiger partial charge in [-0.3, -0.25) is 9.59 Å². The number of hydrogen-bond acceptors (Lipinski definition) is 2. The Hall–Kier alpha value is -1.06. The van der Waals surface area contributed by atoms with Gasteiger partial charge in [0.2, 0.25) is 0 Å². The van der Waals surface area contributed by atoms with Gasteiger partial charge in [0.05, 0.1) is 12.3 Å². The molecule has 0 aromatic carbocycles. The molecule has 0 aromatic heterocycles. The molecule has 0 radical (unpaired) electrons. The van der Waals surface area contributed by atoms with Crippen molar-refractivity contribution in [2.75, 3.05) is 0 Å². The minimum absolute atomic E-state index is 0.244. The Morgan fingerprint density at radius 1 is 1.33 bits per heavy atom. The Kier molecular flexibility index (Phi) is 2.68. The van der Waals surface area contributed by atoms with Crippen molar-refractivity contribution >= 4 is 11.9 Å². The molecule has 0 aliphatic heterocycles. The third-order valence-electron chi connectivity index (χ3n) is 2.09. The fourth-order valence-corrected chi connectivity index (χ4v) is 1.24. The largest absolute Gasteiger partial charge is 0.481 e. The van der Waals surface area contributed by atoms with Crippen molar-refractivity contribution in [2.24, 2.45) is 11.8 Å². The first-order chi connectivity index (χ1) is 5.59. The van der Waals surface area contributed by atoms with Gasteiger partial charge in [0.15, 0.2) is 0 Å². The van der Waals surface area contributed by atoms with E-state index in [9.17, 15) is 9.59 Å². The highest BCUT2D eigenvalue weighted by molar-refractivity contribution is 5.77. The zero-order valence-corrected chi connectivity index (χ0v) is 6.69. The highest BCUT2D eigenvalue weighted by Crippen LogP contribution is 2.36. The molecular weight excluding hydrogens is 160 g/mol. The van der Waals surface area contributed by atoms with E-state index >= 15 is 0 Å². The van der Waals surface area contributed by atoms with E-state index in [1.165, 1.54) is 0 Å². The molecule has 1 saturated carbocycles. The molecule has 12 heavy (non-hydrogen) atoms. The molecule has 1 unspecified atom stereocenters. The first kappa shape index (κ1) is 9.03. The van der Waals surface area contributed by atoms with Crippen molar-refractivity contribution in [1.82, 2.24) is 0 Å². The van der Waals surface area contributed by atoms with Gasteiger partial charge in [0.25, 0.3) is 0 Å². The van der Waals surface area contributed by atoms with E-state index in [0.717, 1.165) is 12.8 Å². The Morgan fingerprint density at radius 2 is 1.92 bits per heavy atom. The summed E-state index contributed by atoms with van der Waals surface area (Å²) in [4.78, 5) is 20.8. The number of aliphatic carboxylic acids is 2. The smallest absolute Gasteiger partial charge is 0.307 e. The van der Waals surface area contributed by atoms with Crippen molar-refractivity contribution in [3.63, 3.8) is 0 Å². The molecule has 0 amide bonds. The second-order valence-corrected chi connectivity index (χ2v) is 3.31. The fourth-order valence-electron chi connectivity index (χ4n) is 1.24. The molecular formula is C8H12O4. The molecule has 0 saturated heterocycles. The first-order valence-electron chi connectivity index (χ1n) is 4.04. The Bertz CT molecular complexity index is 195. The number of carbonyl (C=O) groups is 2. The van der Waals surface area contributed by atoms with Gasteiger partial charge in [0.1, 0.15) is 0 Å². The van der Waals surface area contributed by atoms with Crippen LogP contribution in [0.5, 0.6) is 0 Å². The first-order valence-corrected chi connectivity index (χ1v) is 4.04. The van der Waals surface area contributed by atoms with Crippen molar-refractivity contribution in [3.05, 3.63) is 0 Å². The second kappa shape index (κ2) is 3.56. The number of rotatable bonds is 5. The predicted octanol–water partition coefficient (Wildman–Crippen LogP) is 0.962. The van der Waals surface area contributed by atoms with E-state index < -0.39 is 17.9 Å². The maximum atomic E-state index is 10.5. The van der Waals surface area contributed by atoms with Gasteiger partial charge in [0, 0.05) is 0 Å². The molecule has 4 heteroatoms. The monoisotopic (exact) mass is 172 g/mol. The lowest BCUT2D eigenvalue weighted by Crippen LogP contribution is -2.18. The normalized spacial score (nSPS) is 18.7. The summed E-state index contributed by atoms with van der Waals surface area (Å²) in [5.74, 6) is -2.23. The van der Waals surface area contributed by atoms with Crippen LogP contribution in [0.15, 0.2) is 0 Å². The predicted molar refractivity (Wildman–Crippen MR) is 40.7 cm³/mol. The van der Waals surface area contributed by atoms with Crippen LogP contribution < -0.4 is 0 Å². The summed E-state index contributed by atoms with van der Waals surface area (Å²) in [6, 6.07) is 0. The van der Waals surface area contributed by atoms with Crippen LogP contribution in [-0.4, -0.2) is 22.2 Å². The van der Waals surface area contributed by atoms with Crippen LogP contribution in [0.4, 0.5) is 0 Å². The molecule has 0 spiro atoms. The third-order valence-corrected chi connectivity index (χ3v) is 2.09. The van der Waals surface area contributed by atoms with Crippen LogP contribution in [0.1, 0.15) is 25.7 Å². The molecule has 68 valence electrons. The van der Waals surface area contributed by atoms with Gasteiger partial charge in [-0.05, 0) is 12.3 Å². The highest BCUT2D eigenvalue weighted by Gasteiger charge is 2.30. The molecule has 1 aliphatic rings. The van der Waals surface area contributed by atoms with Gasteiger partial charge in [-0.25, -0.2) is 0 Å². The molecule has 2 N–H and O–H groups in total. The maximum absolute atomic E-state index is 10.5. The lowest BCUT2D eigenvalue weighted by Gasteiger charge is -2.07. The standard InChI is InChI=1S/C8H12O4/c9-7(10)4-6(8(11)12)3-5-1-2-5/h5-6H,1-4H2,(H,9,10)(H,11,12). The fraction of sp³-hybridized carbons (Fsp3) is 0.750. The quantitative estimate of drug-likeness (QED) is 0.647. The lowest BCUT2D eigenvalue weighted by molar-refractivity contribution is -0.148. The zero-order chi connectivity index (χ0) is 9.14. The van der Waals surface area contributed by atoms with Crippen molar-refractivity contribution < 1.29 is 19.8 Å². The summed E-state index contributed by atoms with van der Waals surface area (Å²) < 4.78 is 0.